The van der Waals surface area contributed by atoms with Crippen molar-refractivity contribution >= 4 is 40.3 Å². The Balaban J connectivity index is -0.00000201. The standard InChI is InChI=1S/C27H47N5O6S.C5H12.C2H6.CH5N/c1-8-13-19(21(33)24(35)28-15-9-2)30-23(34)20-14-12-16-32(20)25(36)22(27(5,6)7)31-26(37)29-18(10-3)17-39(38)11-4;1-3-5-4-2;2*1-2/h9,18-20,22H,2,8,10-17H2,1,3-7H3,(H,28,35)(H,30,34)(H2,29,31,37);3-5H2,1-2H3;1-2H3;2H2,1H3. The molecular formula is C35H70N6O6S. The molecule has 0 spiro atoms. The largest absolute Gasteiger partial charge is 0.346 e. The van der Waals surface area contributed by atoms with Crippen molar-refractivity contribution in [1.82, 2.24) is 26.2 Å². The van der Waals surface area contributed by atoms with Gasteiger partial charge >= 0.3 is 6.03 Å². The van der Waals surface area contributed by atoms with Crippen molar-refractivity contribution in [3.8, 4) is 0 Å². The van der Waals surface area contributed by atoms with Gasteiger partial charge < -0.3 is 31.9 Å². The first-order valence-electron chi connectivity index (χ1n) is 17.7. The second-order valence-electron chi connectivity index (χ2n) is 12.2. The molecule has 0 aliphatic carbocycles. The van der Waals surface area contributed by atoms with E-state index in [4.69, 9.17) is 0 Å². The monoisotopic (exact) mass is 703 g/mol. The molecule has 48 heavy (non-hydrogen) atoms. The lowest BCUT2D eigenvalue weighted by Gasteiger charge is -2.36. The molecule has 12 nitrogen and oxygen atoms in total. The van der Waals surface area contributed by atoms with E-state index in [0.717, 1.165) is 0 Å². The maximum Gasteiger partial charge on any atom is 0.315 e. The molecule has 0 aromatic rings. The number of unbranched alkanes of at least 4 members (excludes halogenated alkanes) is 2. The predicted octanol–water partition coefficient (Wildman–Crippen LogP) is 4.19. The van der Waals surface area contributed by atoms with Crippen molar-refractivity contribution in [3.05, 3.63) is 12.7 Å². The fourth-order valence-corrected chi connectivity index (χ4v) is 5.67. The summed E-state index contributed by atoms with van der Waals surface area (Å²) in [4.78, 5) is 66.1. The minimum absolute atomic E-state index is 0.131. The van der Waals surface area contributed by atoms with Gasteiger partial charge in [-0.1, -0.05) is 101 Å². The van der Waals surface area contributed by atoms with E-state index in [-0.39, 0.29) is 19.0 Å². The van der Waals surface area contributed by atoms with Gasteiger partial charge in [0, 0.05) is 41.4 Å². The number of carbonyl (C=O) groups excluding carboxylic acids is 5. The van der Waals surface area contributed by atoms with E-state index in [1.165, 1.54) is 37.3 Å². The molecule has 282 valence electrons. The van der Waals surface area contributed by atoms with E-state index >= 15 is 0 Å². The van der Waals surface area contributed by atoms with Crippen molar-refractivity contribution in [3.63, 3.8) is 0 Å². The molecule has 6 N–H and O–H groups in total. The zero-order chi connectivity index (χ0) is 37.9. The first-order chi connectivity index (χ1) is 22.7. The van der Waals surface area contributed by atoms with Gasteiger partial charge in [-0.05, 0) is 38.1 Å². The number of hydrogen-bond acceptors (Lipinski definition) is 7. The zero-order valence-electron chi connectivity index (χ0n) is 32.0. The van der Waals surface area contributed by atoms with Gasteiger partial charge in [0.05, 0.1) is 6.04 Å². The van der Waals surface area contributed by atoms with Crippen LogP contribution in [0.25, 0.3) is 0 Å². The van der Waals surface area contributed by atoms with Crippen LogP contribution in [0, 0.1) is 5.41 Å². The number of carbonyl (C=O) groups is 5. The van der Waals surface area contributed by atoms with Crippen molar-refractivity contribution in [2.45, 2.75) is 145 Å². The van der Waals surface area contributed by atoms with Crippen LogP contribution in [0.1, 0.15) is 121 Å². The number of urea groups is 1. The van der Waals surface area contributed by atoms with Gasteiger partial charge in [0.15, 0.2) is 0 Å². The first-order valence-corrected chi connectivity index (χ1v) is 19.2. The summed E-state index contributed by atoms with van der Waals surface area (Å²) in [6.45, 7) is 23.4. The Morgan fingerprint density at radius 2 is 1.54 bits per heavy atom. The molecule has 13 heteroatoms. The van der Waals surface area contributed by atoms with Crippen LogP contribution < -0.4 is 27.0 Å². The lowest BCUT2D eigenvalue weighted by molar-refractivity contribution is -0.143. The average Bonchev–Trinajstić information content (AvgIpc) is 3.57. The summed E-state index contributed by atoms with van der Waals surface area (Å²) < 4.78 is 12.0. The highest BCUT2D eigenvalue weighted by Gasteiger charge is 2.42. The van der Waals surface area contributed by atoms with Crippen LogP contribution in [-0.2, 0) is 30.0 Å². The summed E-state index contributed by atoms with van der Waals surface area (Å²) in [5.74, 6) is -1.64. The van der Waals surface area contributed by atoms with Gasteiger partial charge in [0.25, 0.3) is 5.91 Å². The molecule has 1 heterocycles. The molecule has 0 radical (unpaired) electrons. The maximum absolute atomic E-state index is 13.7. The van der Waals surface area contributed by atoms with Crippen molar-refractivity contribution < 1.29 is 28.2 Å². The third-order valence-corrected chi connectivity index (χ3v) is 8.73. The van der Waals surface area contributed by atoms with Crippen molar-refractivity contribution in [2.75, 3.05) is 31.6 Å². The quantitative estimate of drug-likeness (QED) is 0.111. The summed E-state index contributed by atoms with van der Waals surface area (Å²) >= 11 is 0. The molecule has 5 unspecified atom stereocenters. The van der Waals surface area contributed by atoms with E-state index in [9.17, 15) is 28.2 Å². The summed E-state index contributed by atoms with van der Waals surface area (Å²) in [6.07, 6.45) is 7.94. The molecule has 1 fully saturated rings. The SMILES string of the molecule is C=CCNC(=O)C(=O)C(CCC)NC(=O)C1CCCN1C(=O)C(NC(=O)NC(CC)CS(=O)CC)C(C)(C)C.CC.CCCCC.CN. The molecule has 5 amide bonds. The molecule has 1 saturated heterocycles. The van der Waals surface area contributed by atoms with Gasteiger partial charge in [-0.2, -0.15) is 0 Å². The van der Waals surface area contributed by atoms with Gasteiger partial charge in [-0.25, -0.2) is 4.79 Å². The number of Topliss-reactive ketones (excluding diaryl/α,β-unsaturated/α-hetero) is 1. The van der Waals surface area contributed by atoms with Gasteiger partial charge in [0.1, 0.15) is 12.1 Å². The van der Waals surface area contributed by atoms with Crippen LogP contribution >= 0.6 is 0 Å². The minimum Gasteiger partial charge on any atom is -0.346 e. The molecule has 1 rings (SSSR count). The summed E-state index contributed by atoms with van der Waals surface area (Å²) in [7, 11) is 0.445. The highest BCUT2D eigenvalue weighted by Crippen LogP contribution is 2.26. The van der Waals surface area contributed by atoms with Crippen LogP contribution in [0.3, 0.4) is 0 Å². The number of amides is 5. The van der Waals surface area contributed by atoms with E-state index < -0.39 is 63.9 Å². The summed E-state index contributed by atoms with van der Waals surface area (Å²) in [5.41, 5.74) is 3.83. The van der Waals surface area contributed by atoms with Crippen molar-refractivity contribution in [1.29, 1.82) is 0 Å². The smallest absolute Gasteiger partial charge is 0.315 e. The second-order valence-corrected chi connectivity index (χ2v) is 14.0. The molecule has 0 aromatic heterocycles. The lowest BCUT2D eigenvalue weighted by Crippen LogP contribution is -2.60. The van der Waals surface area contributed by atoms with Gasteiger partial charge in [0.2, 0.25) is 17.6 Å². The average molecular weight is 703 g/mol. The topological polar surface area (TPSA) is 180 Å². The van der Waals surface area contributed by atoms with E-state index in [1.54, 1.807) is 0 Å². The normalized spacial score (nSPS) is 16.0. The highest BCUT2D eigenvalue weighted by molar-refractivity contribution is 7.85. The van der Waals surface area contributed by atoms with E-state index in [2.05, 4.69) is 47.4 Å². The molecule has 0 bridgehead atoms. The minimum atomic E-state index is -1.05. The molecule has 5 atom stereocenters. The Morgan fingerprint density at radius 1 is 0.958 bits per heavy atom. The van der Waals surface area contributed by atoms with E-state index in [0.29, 0.717) is 43.7 Å². The Kier molecular flexibility index (Phi) is 30.1. The number of nitrogens with two attached hydrogens (primary N) is 1. The van der Waals surface area contributed by atoms with Crippen LogP contribution in [0.15, 0.2) is 12.7 Å². The number of likely N-dealkylation sites (tertiary alicyclic amines) is 1. The third kappa shape index (κ3) is 19.9. The molecule has 1 aliphatic heterocycles. The van der Waals surface area contributed by atoms with Crippen LogP contribution in [0.5, 0.6) is 0 Å². The fourth-order valence-electron chi connectivity index (χ4n) is 4.67. The Hall–Kier alpha value is -2.80. The highest BCUT2D eigenvalue weighted by atomic mass is 32.2. The first kappa shape index (κ1) is 49.6. The van der Waals surface area contributed by atoms with Gasteiger partial charge in [-0.15, -0.1) is 6.58 Å². The number of hydrogen-bond donors (Lipinski definition) is 5. The maximum atomic E-state index is 13.7. The fraction of sp³-hybridized carbons (Fsp3) is 0.800. The number of rotatable bonds is 17. The number of ketones is 1. The Labute approximate surface area is 294 Å². The Morgan fingerprint density at radius 3 is 1.98 bits per heavy atom. The van der Waals surface area contributed by atoms with Crippen LogP contribution in [0.2, 0.25) is 0 Å². The predicted molar refractivity (Wildman–Crippen MR) is 199 cm³/mol. The van der Waals surface area contributed by atoms with Crippen LogP contribution in [0.4, 0.5) is 4.79 Å². The molecular weight excluding hydrogens is 632 g/mol. The number of nitrogens with zero attached hydrogens (tertiary/aromatic N) is 1. The Bertz CT molecular complexity index is 970. The molecule has 0 aromatic carbocycles. The van der Waals surface area contributed by atoms with Gasteiger partial charge in [-0.3, -0.25) is 23.4 Å². The van der Waals surface area contributed by atoms with Crippen molar-refractivity contribution in [2.24, 2.45) is 11.1 Å². The lowest BCUT2D eigenvalue weighted by atomic mass is 9.85. The zero-order valence-corrected chi connectivity index (χ0v) is 32.8. The molecule has 0 saturated carbocycles. The molecule has 1 aliphatic rings. The second kappa shape index (κ2) is 29.1. The van der Waals surface area contributed by atoms with Crippen LogP contribution in [-0.4, -0.2) is 94.5 Å². The summed E-state index contributed by atoms with van der Waals surface area (Å²) in [5, 5.41) is 10.7. The summed E-state index contributed by atoms with van der Waals surface area (Å²) in [6, 6.07) is -3.61. The van der Waals surface area contributed by atoms with E-state index in [1.807, 2.05) is 55.4 Å². The number of nitrogens with one attached hydrogen (secondary N) is 4. The third-order valence-electron chi connectivity index (χ3n) is 7.31.